The molecule has 0 bridgehead atoms. The third kappa shape index (κ3) is 2.14. The van der Waals surface area contributed by atoms with Crippen LogP contribution in [0.3, 0.4) is 0 Å². The van der Waals surface area contributed by atoms with Gasteiger partial charge in [0.1, 0.15) is 4.84 Å². The van der Waals surface area contributed by atoms with Crippen LogP contribution in [0.2, 0.25) is 0 Å². The summed E-state index contributed by atoms with van der Waals surface area (Å²) in [4.78, 5) is 9.96. The molecule has 0 radical (unpaired) electrons. The average Bonchev–Trinajstić information content (AvgIpc) is 2.02. The normalized spacial score (nSPS) is 10.5. The second kappa shape index (κ2) is 3.99. The minimum absolute atomic E-state index is 0.162. The first-order chi connectivity index (χ1) is 6.04. The molecule has 2 nitrogen and oxygen atoms in total. The quantitative estimate of drug-likeness (QED) is 0.775. The Morgan fingerprint density at radius 2 is 2.08 bits per heavy atom. The molecular weight excluding hydrogens is 211 g/mol. The van der Waals surface area contributed by atoms with Crippen LogP contribution in [0, 0.1) is 6.92 Å². The summed E-state index contributed by atoms with van der Waals surface area (Å²) in [5.74, 6) is -1.01. The van der Waals surface area contributed by atoms with E-state index in [-0.39, 0.29) is 5.56 Å². The number of hydrogen-bond donors (Lipinski definition) is 1. The molecule has 0 amide bonds. The van der Waals surface area contributed by atoms with Crippen LogP contribution in [0.5, 0.6) is 0 Å². The Labute approximate surface area is 86.1 Å². The SMILES string of the molecule is Cc1cccc(C(=O)O)c1C(Cl)Cl. The fourth-order valence-electron chi connectivity index (χ4n) is 1.16. The highest BCUT2D eigenvalue weighted by atomic mass is 35.5. The number of alkyl halides is 2. The highest BCUT2D eigenvalue weighted by Gasteiger charge is 2.16. The van der Waals surface area contributed by atoms with Crippen LogP contribution in [0.15, 0.2) is 18.2 Å². The standard InChI is InChI=1S/C9H8Cl2O2/c1-5-3-2-4-6(9(12)13)7(5)8(10)11/h2-4,8H,1H3,(H,12,13). The molecule has 4 heteroatoms. The van der Waals surface area contributed by atoms with Gasteiger partial charge in [-0.25, -0.2) is 4.79 Å². The number of rotatable bonds is 2. The Bertz CT molecular complexity index is 334. The number of benzene rings is 1. The van der Waals surface area contributed by atoms with Crippen LogP contribution in [-0.4, -0.2) is 11.1 Å². The fraction of sp³-hybridized carbons (Fsp3) is 0.222. The molecule has 70 valence electrons. The summed E-state index contributed by atoms with van der Waals surface area (Å²) in [6.45, 7) is 1.78. The predicted molar refractivity (Wildman–Crippen MR) is 52.6 cm³/mol. The van der Waals surface area contributed by atoms with Gasteiger partial charge in [-0.3, -0.25) is 0 Å². The molecule has 0 saturated heterocycles. The van der Waals surface area contributed by atoms with Gasteiger partial charge in [0, 0.05) is 5.56 Å². The van der Waals surface area contributed by atoms with E-state index < -0.39 is 10.8 Å². The maximum absolute atomic E-state index is 10.8. The van der Waals surface area contributed by atoms with Crippen molar-refractivity contribution in [2.45, 2.75) is 11.8 Å². The van der Waals surface area contributed by atoms with E-state index in [0.717, 1.165) is 5.56 Å². The van der Waals surface area contributed by atoms with Crippen LogP contribution in [0.25, 0.3) is 0 Å². The Morgan fingerprint density at radius 1 is 1.46 bits per heavy atom. The number of carboxylic acids is 1. The molecular formula is C9H8Cl2O2. The number of carbonyl (C=O) groups is 1. The van der Waals surface area contributed by atoms with Gasteiger partial charge in [-0.2, -0.15) is 0 Å². The zero-order valence-corrected chi connectivity index (χ0v) is 8.43. The summed E-state index contributed by atoms with van der Waals surface area (Å²) < 4.78 is 0. The molecule has 1 aromatic rings. The predicted octanol–water partition coefficient (Wildman–Crippen LogP) is 3.17. The number of halogens is 2. The smallest absolute Gasteiger partial charge is 0.336 e. The van der Waals surface area contributed by atoms with Crippen LogP contribution < -0.4 is 0 Å². The minimum Gasteiger partial charge on any atom is -0.478 e. The summed E-state index contributed by atoms with van der Waals surface area (Å²) in [5.41, 5.74) is 1.42. The first kappa shape index (κ1) is 10.4. The third-order valence-electron chi connectivity index (χ3n) is 1.77. The van der Waals surface area contributed by atoms with Crippen molar-refractivity contribution in [2.24, 2.45) is 0 Å². The molecule has 13 heavy (non-hydrogen) atoms. The van der Waals surface area contributed by atoms with Gasteiger partial charge in [-0.1, -0.05) is 12.1 Å². The Balaban J connectivity index is 3.34. The topological polar surface area (TPSA) is 37.3 Å². The maximum Gasteiger partial charge on any atom is 0.336 e. The molecule has 0 aliphatic rings. The van der Waals surface area contributed by atoms with Gasteiger partial charge in [0.2, 0.25) is 0 Å². The third-order valence-corrected chi connectivity index (χ3v) is 2.21. The van der Waals surface area contributed by atoms with Crippen molar-refractivity contribution in [2.75, 3.05) is 0 Å². The van der Waals surface area contributed by atoms with Gasteiger partial charge in [-0.05, 0) is 18.6 Å². The monoisotopic (exact) mass is 218 g/mol. The van der Waals surface area contributed by atoms with Gasteiger partial charge in [0.05, 0.1) is 5.56 Å². The molecule has 1 aromatic carbocycles. The molecule has 0 aliphatic carbocycles. The summed E-state index contributed by atoms with van der Waals surface area (Å²) >= 11 is 11.3. The Morgan fingerprint density at radius 3 is 2.46 bits per heavy atom. The van der Waals surface area contributed by atoms with Crippen molar-refractivity contribution in [3.05, 3.63) is 34.9 Å². The highest BCUT2D eigenvalue weighted by Crippen LogP contribution is 2.30. The van der Waals surface area contributed by atoms with E-state index in [1.165, 1.54) is 6.07 Å². The summed E-state index contributed by atoms with van der Waals surface area (Å²) in [5, 5.41) is 8.82. The van der Waals surface area contributed by atoms with Crippen molar-refractivity contribution in [3.63, 3.8) is 0 Å². The molecule has 0 spiro atoms. The Hall–Kier alpha value is -0.730. The number of aryl methyl sites for hydroxylation is 1. The number of hydrogen-bond acceptors (Lipinski definition) is 1. The molecule has 1 rings (SSSR count). The first-order valence-electron chi connectivity index (χ1n) is 3.65. The average molecular weight is 219 g/mol. The second-order valence-corrected chi connectivity index (χ2v) is 3.74. The first-order valence-corrected chi connectivity index (χ1v) is 4.52. The summed E-state index contributed by atoms with van der Waals surface area (Å²) in [6, 6.07) is 4.93. The molecule has 0 fully saturated rings. The van der Waals surface area contributed by atoms with Crippen LogP contribution in [-0.2, 0) is 0 Å². The molecule has 0 unspecified atom stereocenters. The Kier molecular flexibility index (Phi) is 3.17. The van der Waals surface area contributed by atoms with E-state index in [0.29, 0.717) is 5.56 Å². The van der Waals surface area contributed by atoms with E-state index >= 15 is 0 Å². The zero-order valence-electron chi connectivity index (χ0n) is 6.92. The number of aromatic carboxylic acids is 1. The largest absolute Gasteiger partial charge is 0.478 e. The molecule has 1 N–H and O–H groups in total. The lowest BCUT2D eigenvalue weighted by Crippen LogP contribution is -2.03. The van der Waals surface area contributed by atoms with Crippen LogP contribution in [0.4, 0.5) is 0 Å². The molecule has 0 aromatic heterocycles. The summed E-state index contributed by atoms with van der Waals surface area (Å²) in [6.07, 6.45) is 0. The minimum atomic E-state index is -1.01. The van der Waals surface area contributed by atoms with Crippen molar-refractivity contribution >= 4 is 29.2 Å². The van der Waals surface area contributed by atoms with Gasteiger partial charge in [0.25, 0.3) is 0 Å². The highest BCUT2D eigenvalue weighted by molar-refractivity contribution is 6.44. The second-order valence-electron chi connectivity index (χ2n) is 2.64. The molecule has 0 saturated carbocycles. The van der Waals surface area contributed by atoms with E-state index in [1.807, 2.05) is 0 Å². The van der Waals surface area contributed by atoms with E-state index in [1.54, 1.807) is 19.1 Å². The molecule has 0 aliphatic heterocycles. The van der Waals surface area contributed by atoms with Gasteiger partial charge in [-0.15, -0.1) is 23.2 Å². The lowest BCUT2D eigenvalue weighted by molar-refractivity contribution is 0.0696. The lowest BCUT2D eigenvalue weighted by Gasteiger charge is -2.09. The maximum atomic E-state index is 10.8. The molecule has 0 heterocycles. The van der Waals surface area contributed by atoms with Crippen molar-refractivity contribution in [1.82, 2.24) is 0 Å². The lowest BCUT2D eigenvalue weighted by atomic mass is 10.0. The summed E-state index contributed by atoms with van der Waals surface area (Å²) in [7, 11) is 0. The van der Waals surface area contributed by atoms with E-state index in [2.05, 4.69) is 0 Å². The van der Waals surface area contributed by atoms with Crippen LogP contribution in [0.1, 0.15) is 26.3 Å². The van der Waals surface area contributed by atoms with Crippen LogP contribution >= 0.6 is 23.2 Å². The van der Waals surface area contributed by atoms with Crippen molar-refractivity contribution in [3.8, 4) is 0 Å². The zero-order chi connectivity index (χ0) is 10.0. The van der Waals surface area contributed by atoms with E-state index in [4.69, 9.17) is 28.3 Å². The van der Waals surface area contributed by atoms with Crippen molar-refractivity contribution < 1.29 is 9.90 Å². The van der Waals surface area contributed by atoms with Gasteiger partial charge in [0.15, 0.2) is 0 Å². The fourth-order valence-corrected chi connectivity index (χ4v) is 1.74. The molecule has 0 atom stereocenters. The van der Waals surface area contributed by atoms with Crippen molar-refractivity contribution in [1.29, 1.82) is 0 Å². The number of carboxylic acid groups (broad SMARTS) is 1. The van der Waals surface area contributed by atoms with Gasteiger partial charge >= 0.3 is 5.97 Å². The van der Waals surface area contributed by atoms with E-state index in [9.17, 15) is 4.79 Å². The van der Waals surface area contributed by atoms with Gasteiger partial charge < -0.3 is 5.11 Å².